The number of fused-ring (bicyclic) bond motifs is 3. The van der Waals surface area contributed by atoms with Crippen LogP contribution in [0.25, 0.3) is 10.9 Å². The van der Waals surface area contributed by atoms with E-state index in [1.165, 1.54) is 42.9 Å². The Bertz CT molecular complexity index is 3810. The Labute approximate surface area is 553 Å². The van der Waals surface area contributed by atoms with E-state index in [-0.39, 0.29) is 69.8 Å². The summed E-state index contributed by atoms with van der Waals surface area (Å²) in [6.45, 7) is 9.98. The average Bonchev–Trinajstić information content (AvgIpc) is 1.65. The monoisotopic (exact) mass is 1320 g/mol. The summed E-state index contributed by atoms with van der Waals surface area (Å²) < 4.78 is 50.9. The molecule has 506 valence electrons. The zero-order valence-electron chi connectivity index (χ0n) is 54.5. The van der Waals surface area contributed by atoms with Crippen LogP contribution in [0.3, 0.4) is 0 Å². The summed E-state index contributed by atoms with van der Waals surface area (Å²) in [5.74, 6) is -4.18. The minimum Gasteiger partial charge on any atom is -0.497 e. The van der Waals surface area contributed by atoms with Crippen molar-refractivity contribution in [2.45, 2.75) is 159 Å². The molecule has 9 N–H and O–H groups in total. The highest BCUT2D eigenvalue weighted by atomic mass is 32.2. The number of nitrogens with zero attached hydrogens (tertiary/aromatic N) is 3. The number of esters is 1. The highest BCUT2D eigenvalue weighted by Gasteiger charge is 2.46. The van der Waals surface area contributed by atoms with Gasteiger partial charge in [-0.25, -0.2) is 27.5 Å². The van der Waals surface area contributed by atoms with Gasteiger partial charge in [0.1, 0.15) is 66.9 Å². The minimum absolute atomic E-state index is 0.0207. The number of H-pyrrole nitrogens is 1. The first-order chi connectivity index (χ1) is 45.4. The van der Waals surface area contributed by atoms with E-state index < -0.39 is 112 Å². The van der Waals surface area contributed by atoms with Gasteiger partial charge in [-0.2, -0.15) is 0 Å². The van der Waals surface area contributed by atoms with Crippen LogP contribution in [0.1, 0.15) is 119 Å². The number of amides is 7. The number of aromatic amines is 1. The van der Waals surface area contributed by atoms with E-state index in [1.807, 2.05) is 67.6 Å². The maximum absolute atomic E-state index is 15.0. The zero-order valence-corrected chi connectivity index (χ0v) is 55.3. The van der Waals surface area contributed by atoms with E-state index in [0.29, 0.717) is 41.8 Å². The molecule has 7 amide bonds. The van der Waals surface area contributed by atoms with Gasteiger partial charge in [-0.05, 0) is 139 Å². The third-order valence-electron chi connectivity index (χ3n) is 16.2. The average molecular weight is 1320 g/mol. The van der Waals surface area contributed by atoms with Gasteiger partial charge in [-0.1, -0.05) is 109 Å². The van der Waals surface area contributed by atoms with Crippen molar-refractivity contribution in [3.05, 3.63) is 167 Å². The highest BCUT2D eigenvalue weighted by molar-refractivity contribution is 7.90. The number of unbranched alkanes of at least 4 members (excludes halogenated alkanes) is 1. The van der Waals surface area contributed by atoms with Gasteiger partial charge in [-0.15, -0.1) is 0 Å². The van der Waals surface area contributed by atoms with Gasteiger partial charge in [0.25, 0.3) is 10.0 Å². The van der Waals surface area contributed by atoms with Crippen molar-refractivity contribution in [2.75, 3.05) is 26.7 Å². The van der Waals surface area contributed by atoms with E-state index >= 15 is 0 Å². The molecule has 5 aromatic carbocycles. The maximum atomic E-state index is 15.0. The Morgan fingerprint density at radius 2 is 1.29 bits per heavy atom. The minimum atomic E-state index is -4.11. The first-order valence-corrected chi connectivity index (χ1v) is 33.2. The molecule has 1 aromatic heterocycles. The van der Waals surface area contributed by atoms with E-state index in [2.05, 4.69) is 41.3 Å². The number of carbonyl (C=O) groups excluding carboxylic acids is 8. The summed E-state index contributed by atoms with van der Waals surface area (Å²) in [5, 5.41) is 14.5. The number of para-hydroxylation sites is 1. The van der Waals surface area contributed by atoms with E-state index in [4.69, 9.17) is 24.7 Å². The van der Waals surface area contributed by atoms with Gasteiger partial charge in [0, 0.05) is 42.7 Å². The summed E-state index contributed by atoms with van der Waals surface area (Å²) in [7, 11) is -2.58. The number of rotatable bonds is 27. The molecule has 6 aromatic rings. The van der Waals surface area contributed by atoms with Crippen LogP contribution >= 0.6 is 0 Å². The topological polar surface area (TPSA) is 340 Å². The SMILES string of the molecule is COc1ccc([C@@H]2c3[nH]c4ccccc4c3C[C@@H](C(=O)N[C@@H](C)C(=O)N[C@@H](CCCN=C(N)NS(=O)(=O)c3ccc(C)cc3)C(=O)N3CCC[C@H]3C(=O)N[C@@H](C)C(=O)N[C@@H](CCCCNC(=O)OCc3ccccc3)C(=O)OCc3ccccc3)N2C(=O)OC(C)(C)C)cc1. The van der Waals surface area contributed by atoms with Crippen molar-refractivity contribution >= 4 is 74.6 Å². The summed E-state index contributed by atoms with van der Waals surface area (Å²) >= 11 is 0. The number of likely N-dealkylation sites (tertiary alicyclic amines) is 1. The van der Waals surface area contributed by atoms with E-state index in [1.54, 1.807) is 81.4 Å². The number of carbonyl (C=O) groups is 8. The molecule has 2 aliphatic heterocycles. The molecule has 0 unspecified atom stereocenters. The van der Waals surface area contributed by atoms with Crippen LogP contribution in [0.15, 0.2) is 143 Å². The summed E-state index contributed by atoms with van der Waals surface area (Å²) in [5.41, 5.74) is 10.3. The lowest BCUT2D eigenvalue weighted by molar-refractivity contribution is -0.149. The highest BCUT2D eigenvalue weighted by Crippen LogP contribution is 2.42. The molecule has 0 bridgehead atoms. The molecule has 3 heterocycles. The Morgan fingerprint density at radius 1 is 0.705 bits per heavy atom. The van der Waals surface area contributed by atoms with Crippen LogP contribution in [0, 0.1) is 6.92 Å². The molecule has 26 heteroatoms. The molecule has 7 atom stereocenters. The fourth-order valence-electron chi connectivity index (χ4n) is 11.2. The van der Waals surface area contributed by atoms with Gasteiger partial charge in [0.2, 0.25) is 35.5 Å². The number of hydrogen-bond acceptors (Lipinski definition) is 15. The molecule has 0 spiro atoms. The van der Waals surface area contributed by atoms with Crippen LogP contribution < -0.4 is 41.8 Å². The van der Waals surface area contributed by atoms with E-state index in [9.17, 15) is 46.8 Å². The lowest BCUT2D eigenvalue weighted by Gasteiger charge is -2.42. The lowest BCUT2D eigenvalue weighted by atomic mass is 9.88. The van der Waals surface area contributed by atoms with Crippen molar-refractivity contribution in [3.8, 4) is 5.75 Å². The molecule has 0 aliphatic carbocycles. The molecule has 1 saturated heterocycles. The van der Waals surface area contributed by atoms with Crippen molar-refractivity contribution in [1.29, 1.82) is 0 Å². The molecule has 95 heavy (non-hydrogen) atoms. The molecular weight excluding hydrogens is 1240 g/mol. The van der Waals surface area contributed by atoms with Crippen molar-refractivity contribution in [1.82, 2.24) is 46.1 Å². The van der Waals surface area contributed by atoms with Gasteiger partial charge >= 0.3 is 18.2 Å². The number of guanidine groups is 1. The number of benzene rings is 5. The normalized spacial score (nSPS) is 16.8. The van der Waals surface area contributed by atoms with Crippen LogP contribution in [0.4, 0.5) is 9.59 Å². The van der Waals surface area contributed by atoms with Gasteiger partial charge in [-0.3, -0.25) is 33.9 Å². The zero-order chi connectivity index (χ0) is 68.4. The molecule has 0 radical (unpaired) electrons. The molecular formula is C69H85N11O14S. The maximum Gasteiger partial charge on any atom is 0.411 e. The Hall–Kier alpha value is -9.98. The fraction of sp³-hybridized carbons (Fsp3) is 0.406. The second kappa shape index (κ2) is 32.7. The summed E-state index contributed by atoms with van der Waals surface area (Å²) in [6.07, 6.45) is -0.0273. The standard InChI is InChI=1S/C69H85N11O14S/c1-43-29-35-50(36-30-43)95(89,90)78-66(70)71-38-18-27-54(76-60(81)44(2)74-63(84)57-40-52-51-24-14-15-25-53(51)75-58(52)59(48-31-33-49(91-7)34-32-48)80(57)68(88)94-69(4,5)6)64(85)79-39-19-28-56(79)62(83)73-45(3)61(82)77-55(65(86)92-41-46-20-10-8-11-21-46)26-16-17-37-72-67(87)93-42-47-22-12-9-13-23-47/h8-15,20-25,29-36,44-45,54-57,59,75H,16-19,26-28,37-42H2,1-7H3,(H,72,87)(H,73,83)(H,74,84)(H,76,81)(H,77,82)(H3,70,71,78)/t44-,45-,54-,55-,56-,57-,59+/m0/s1. The van der Waals surface area contributed by atoms with Crippen LogP contribution in [0.5, 0.6) is 5.75 Å². The molecule has 8 rings (SSSR count). The fourth-order valence-corrected chi connectivity index (χ4v) is 12.2. The summed E-state index contributed by atoms with van der Waals surface area (Å²) in [4.78, 5) is 124. The first-order valence-electron chi connectivity index (χ1n) is 31.7. The largest absolute Gasteiger partial charge is 0.497 e. The Kier molecular flexibility index (Phi) is 24.4. The van der Waals surface area contributed by atoms with Crippen molar-refractivity contribution in [3.63, 3.8) is 0 Å². The molecule has 0 saturated carbocycles. The number of nitrogens with one attached hydrogen (secondary N) is 7. The Morgan fingerprint density at radius 3 is 1.93 bits per heavy atom. The Balaban J connectivity index is 0.967. The smallest absolute Gasteiger partial charge is 0.411 e. The molecule has 25 nitrogen and oxygen atoms in total. The number of nitrogens with two attached hydrogens (primary N) is 1. The quantitative estimate of drug-likeness (QED) is 0.00883. The predicted molar refractivity (Wildman–Crippen MR) is 354 cm³/mol. The van der Waals surface area contributed by atoms with Gasteiger partial charge in [0.15, 0.2) is 0 Å². The number of hydrogen-bond donors (Lipinski definition) is 8. The van der Waals surface area contributed by atoms with Gasteiger partial charge < -0.3 is 61.1 Å². The predicted octanol–water partition coefficient (Wildman–Crippen LogP) is 6.62. The van der Waals surface area contributed by atoms with E-state index in [0.717, 1.165) is 27.6 Å². The number of methoxy groups -OCH3 is 1. The third-order valence-corrected chi connectivity index (χ3v) is 17.5. The van der Waals surface area contributed by atoms with Crippen molar-refractivity contribution in [2.24, 2.45) is 10.7 Å². The van der Waals surface area contributed by atoms with Crippen LogP contribution in [-0.2, 0) is 72.6 Å². The number of aromatic nitrogens is 1. The van der Waals surface area contributed by atoms with Crippen LogP contribution in [0.2, 0.25) is 0 Å². The summed E-state index contributed by atoms with van der Waals surface area (Å²) in [6, 6.07) is 30.6. The number of aryl methyl sites for hydroxylation is 1. The number of sulfonamides is 1. The number of ether oxygens (including phenoxy) is 4. The molecule has 1 fully saturated rings. The second-order valence-electron chi connectivity index (χ2n) is 24.5. The third kappa shape index (κ3) is 19.6. The lowest BCUT2D eigenvalue weighted by Crippen LogP contribution is -2.60. The second-order valence-corrected chi connectivity index (χ2v) is 26.2. The molecule has 2 aliphatic rings. The van der Waals surface area contributed by atoms with Crippen molar-refractivity contribution < 1.29 is 65.7 Å². The first kappa shape index (κ1) is 70.9. The van der Waals surface area contributed by atoms with Gasteiger partial charge in [0.05, 0.1) is 12.0 Å². The number of alkyl carbamates (subject to hydrolysis) is 1. The number of aliphatic imine (C=N–C) groups is 1. The van der Waals surface area contributed by atoms with Crippen LogP contribution in [-0.4, -0.2) is 145 Å².